The third-order valence-corrected chi connectivity index (χ3v) is 3.54. The Kier molecular flexibility index (Phi) is 6.56. The molecule has 0 radical (unpaired) electrons. The number of hydrogen-bond acceptors (Lipinski definition) is 4. The summed E-state index contributed by atoms with van der Waals surface area (Å²) < 4.78 is 24.6. The van der Waals surface area contributed by atoms with Crippen LogP contribution >= 0.6 is 15.9 Å². The Balaban J connectivity index is 3.03. The maximum atomic E-state index is 13.9. The van der Waals surface area contributed by atoms with E-state index in [2.05, 4.69) is 15.9 Å². The Hall–Kier alpha value is -1.63. The van der Waals surface area contributed by atoms with Crippen molar-refractivity contribution in [2.24, 2.45) is 0 Å². The van der Waals surface area contributed by atoms with Crippen molar-refractivity contribution in [1.82, 2.24) is 4.90 Å². The molecule has 0 saturated carbocycles. The number of likely N-dealkylation sites (N-methyl/N-ethyl adjacent to an activating group) is 1. The van der Waals surface area contributed by atoms with Crippen molar-refractivity contribution in [3.8, 4) is 0 Å². The highest BCUT2D eigenvalue weighted by molar-refractivity contribution is 9.10. The van der Waals surface area contributed by atoms with Crippen LogP contribution in [-0.4, -0.2) is 42.8 Å². The number of amides is 1. The molecule has 1 amide bonds. The maximum Gasteiger partial charge on any atom is 0.410 e. The van der Waals surface area contributed by atoms with Crippen molar-refractivity contribution in [1.29, 1.82) is 0 Å². The molecule has 128 valence electrons. The highest BCUT2D eigenvalue weighted by Gasteiger charge is 2.31. The van der Waals surface area contributed by atoms with Crippen molar-refractivity contribution >= 4 is 28.0 Å². The van der Waals surface area contributed by atoms with Crippen LogP contribution < -0.4 is 0 Å². The van der Waals surface area contributed by atoms with Gasteiger partial charge < -0.3 is 9.47 Å². The van der Waals surface area contributed by atoms with E-state index in [4.69, 9.17) is 9.47 Å². The fraction of sp³-hybridized carbons (Fsp3) is 0.500. The summed E-state index contributed by atoms with van der Waals surface area (Å²) in [4.78, 5) is 25.3. The normalized spacial score (nSPS) is 12.5. The molecule has 1 atom stereocenters. The van der Waals surface area contributed by atoms with E-state index in [9.17, 15) is 14.0 Å². The van der Waals surface area contributed by atoms with Gasteiger partial charge in [0.15, 0.2) is 0 Å². The van der Waals surface area contributed by atoms with Crippen LogP contribution in [-0.2, 0) is 20.7 Å². The van der Waals surface area contributed by atoms with Crippen LogP contribution in [0.3, 0.4) is 0 Å². The molecule has 0 heterocycles. The molecular weight excluding hydrogens is 369 g/mol. The van der Waals surface area contributed by atoms with Gasteiger partial charge in [0.2, 0.25) is 0 Å². The van der Waals surface area contributed by atoms with Gasteiger partial charge >= 0.3 is 12.1 Å². The zero-order valence-electron chi connectivity index (χ0n) is 13.9. The third kappa shape index (κ3) is 5.82. The zero-order chi connectivity index (χ0) is 17.8. The van der Waals surface area contributed by atoms with E-state index in [1.165, 1.54) is 20.2 Å². The van der Waals surface area contributed by atoms with Gasteiger partial charge in [0.1, 0.15) is 17.5 Å². The molecule has 0 bridgehead atoms. The lowest BCUT2D eigenvalue weighted by Gasteiger charge is -2.29. The number of carbonyl (C=O) groups is 2. The van der Waals surface area contributed by atoms with Crippen LogP contribution in [0.1, 0.15) is 26.3 Å². The van der Waals surface area contributed by atoms with E-state index in [-0.39, 0.29) is 6.42 Å². The standard InChI is InChI=1S/C16H21BrFNO4/c1-16(2,3)23-15(21)19(4)13(14(20)22-5)9-10-8-11(17)6-7-12(10)18/h6-8,13H,9H2,1-5H3/t13-/m0/s1. The minimum atomic E-state index is -0.987. The lowest BCUT2D eigenvalue weighted by molar-refractivity contribution is -0.146. The molecule has 1 aromatic rings. The first kappa shape index (κ1) is 19.4. The van der Waals surface area contributed by atoms with E-state index in [0.717, 1.165) is 4.90 Å². The molecule has 0 N–H and O–H groups in total. The van der Waals surface area contributed by atoms with Crippen molar-refractivity contribution in [3.63, 3.8) is 0 Å². The molecular formula is C16H21BrFNO4. The Morgan fingerprint density at radius 1 is 1.35 bits per heavy atom. The van der Waals surface area contributed by atoms with Gasteiger partial charge in [-0.1, -0.05) is 15.9 Å². The van der Waals surface area contributed by atoms with Gasteiger partial charge in [-0.2, -0.15) is 0 Å². The Labute approximate surface area is 143 Å². The molecule has 0 unspecified atom stereocenters. The van der Waals surface area contributed by atoms with Gasteiger partial charge in [0.25, 0.3) is 0 Å². The lowest BCUT2D eigenvalue weighted by Crippen LogP contribution is -2.46. The smallest absolute Gasteiger partial charge is 0.410 e. The van der Waals surface area contributed by atoms with Crippen molar-refractivity contribution in [2.45, 2.75) is 38.8 Å². The number of rotatable bonds is 4. The summed E-state index contributed by atoms with van der Waals surface area (Å²) >= 11 is 3.26. The van der Waals surface area contributed by atoms with Gasteiger partial charge in [0, 0.05) is 17.9 Å². The Morgan fingerprint density at radius 2 is 1.96 bits per heavy atom. The van der Waals surface area contributed by atoms with Crippen LogP contribution in [0.5, 0.6) is 0 Å². The fourth-order valence-electron chi connectivity index (χ4n) is 1.88. The Morgan fingerprint density at radius 3 is 2.48 bits per heavy atom. The first-order valence-electron chi connectivity index (χ1n) is 7.02. The molecule has 1 aromatic carbocycles. The van der Waals surface area contributed by atoms with Gasteiger partial charge in [-0.05, 0) is 44.5 Å². The summed E-state index contributed by atoms with van der Waals surface area (Å²) in [6, 6.07) is 3.43. The van der Waals surface area contributed by atoms with Crippen molar-refractivity contribution in [2.75, 3.05) is 14.2 Å². The molecule has 23 heavy (non-hydrogen) atoms. The number of methoxy groups -OCH3 is 1. The number of ether oxygens (including phenoxy) is 2. The molecule has 1 rings (SSSR count). The highest BCUT2D eigenvalue weighted by Crippen LogP contribution is 2.20. The fourth-order valence-corrected chi connectivity index (χ4v) is 2.29. The lowest BCUT2D eigenvalue weighted by atomic mass is 10.0. The van der Waals surface area contributed by atoms with Crippen LogP contribution in [0.15, 0.2) is 22.7 Å². The van der Waals surface area contributed by atoms with Gasteiger partial charge in [-0.3, -0.25) is 4.90 Å². The third-order valence-electron chi connectivity index (χ3n) is 3.04. The van der Waals surface area contributed by atoms with Crippen molar-refractivity contribution < 1.29 is 23.5 Å². The number of esters is 1. The molecule has 0 aliphatic heterocycles. The number of benzene rings is 1. The van der Waals surface area contributed by atoms with E-state index < -0.39 is 29.5 Å². The average Bonchev–Trinajstić information content (AvgIpc) is 2.44. The summed E-state index contributed by atoms with van der Waals surface area (Å²) in [5.74, 6) is -1.10. The summed E-state index contributed by atoms with van der Waals surface area (Å²) in [5, 5.41) is 0. The molecule has 0 aromatic heterocycles. The SMILES string of the molecule is COC(=O)[C@H](Cc1cc(Br)ccc1F)N(C)C(=O)OC(C)(C)C. The van der Waals surface area contributed by atoms with E-state index in [1.807, 2.05) is 0 Å². The molecule has 0 saturated heterocycles. The molecule has 0 spiro atoms. The minimum Gasteiger partial charge on any atom is -0.467 e. The van der Waals surface area contributed by atoms with Crippen LogP contribution in [0.4, 0.5) is 9.18 Å². The highest BCUT2D eigenvalue weighted by atomic mass is 79.9. The summed E-state index contributed by atoms with van der Waals surface area (Å²) in [6.07, 6.45) is -0.698. The summed E-state index contributed by atoms with van der Waals surface area (Å²) in [6.45, 7) is 5.17. The molecule has 7 heteroatoms. The molecule has 0 fully saturated rings. The Bertz CT molecular complexity index is 586. The predicted octanol–water partition coefficient (Wildman–Crippen LogP) is 3.54. The van der Waals surface area contributed by atoms with Gasteiger partial charge in [0.05, 0.1) is 7.11 Å². The second-order valence-corrected chi connectivity index (χ2v) is 6.99. The quantitative estimate of drug-likeness (QED) is 0.738. The van der Waals surface area contributed by atoms with Crippen LogP contribution in [0, 0.1) is 5.82 Å². The number of nitrogens with zero attached hydrogens (tertiary/aromatic N) is 1. The predicted molar refractivity (Wildman–Crippen MR) is 87.6 cm³/mol. The second kappa shape index (κ2) is 7.77. The first-order chi connectivity index (χ1) is 10.5. The summed E-state index contributed by atoms with van der Waals surface area (Å²) in [7, 11) is 2.64. The van der Waals surface area contributed by atoms with E-state index in [0.29, 0.717) is 10.0 Å². The van der Waals surface area contributed by atoms with Gasteiger partial charge in [-0.25, -0.2) is 14.0 Å². The monoisotopic (exact) mass is 389 g/mol. The number of hydrogen-bond donors (Lipinski definition) is 0. The van der Waals surface area contributed by atoms with E-state index >= 15 is 0 Å². The number of halogens is 2. The van der Waals surface area contributed by atoms with Crippen LogP contribution in [0.2, 0.25) is 0 Å². The first-order valence-corrected chi connectivity index (χ1v) is 7.82. The molecule has 5 nitrogen and oxygen atoms in total. The largest absolute Gasteiger partial charge is 0.467 e. The van der Waals surface area contributed by atoms with Gasteiger partial charge in [-0.15, -0.1) is 0 Å². The zero-order valence-corrected chi connectivity index (χ0v) is 15.4. The molecule has 0 aliphatic carbocycles. The number of carbonyl (C=O) groups excluding carboxylic acids is 2. The topological polar surface area (TPSA) is 55.8 Å². The molecule has 0 aliphatic rings. The van der Waals surface area contributed by atoms with Crippen LogP contribution in [0.25, 0.3) is 0 Å². The maximum absolute atomic E-state index is 13.9. The second-order valence-electron chi connectivity index (χ2n) is 6.07. The minimum absolute atomic E-state index is 0.0201. The summed E-state index contributed by atoms with van der Waals surface area (Å²) in [5.41, 5.74) is -0.405. The van der Waals surface area contributed by atoms with E-state index in [1.54, 1.807) is 32.9 Å². The van der Waals surface area contributed by atoms with Crippen molar-refractivity contribution in [3.05, 3.63) is 34.1 Å². The average molecular weight is 390 g/mol.